The molecule has 2 unspecified atom stereocenters. The van der Waals surface area contributed by atoms with Crippen molar-refractivity contribution in [3.8, 4) is 0 Å². The van der Waals surface area contributed by atoms with Gasteiger partial charge in [-0.3, -0.25) is 4.52 Å². The number of phosphoric acid groups is 1. The van der Waals surface area contributed by atoms with E-state index in [-0.39, 0.29) is 0 Å². The topological polar surface area (TPSA) is 145 Å². The van der Waals surface area contributed by atoms with Gasteiger partial charge >= 0.3 is 13.8 Å². The number of carboxylic acids is 1. The van der Waals surface area contributed by atoms with Crippen molar-refractivity contribution in [3.05, 3.63) is 0 Å². The molecule has 0 spiro atoms. The SMILES string of the molecule is O=C(O)C(O)C(O)COP(=O)(O)O. The lowest BCUT2D eigenvalue weighted by atomic mass is 10.2. The van der Waals surface area contributed by atoms with E-state index in [0.717, 1.165) is 0 Å². The number of phosphoric ester groups is 1. The summed E-state index contributed by atoms with van der Waals surface area (Å²) in [4.78, 5) is 26.3. The van der Waals surface area contributed by atoms with Gasteiger partial charge in [0.15, 0.2) is 6.10 Å². The molecule has 0 amide bonds. The second-order valence-electron chi connectivity index (χ2n) is 2.14. The average molecular weight is 216 g/mol. The Morgan fingerprint density at radius 2 is 1.85 bits per heavy atom. The molecule has 13 heavy (non-hydrogen) atoms. The quantitative estimate of drug-likeness (QED) is 0.328. The van der Waals surface area contributed by atoms with Crippen molar-refractivity contribution >= 4 is 13.8 Å². The fraction of sp³-hybridized carbons (Fsp3) is 0.750. The van der Waals surface area contributed by atoms with Crippen LogP contribution in [0.1, 0.15) is 0 Å². The van der Waals surface area contributed by atoms with E-state index in [2.05, 4.69) is 4.52 Å². The minimum absolute atomic E-state index is 0.961. The third-order valence-electron chi connectivity index (χ3n) is 1.03. The molecule has 0 aliphatic rings. The maximum Gasteiger partial charge on any atom is 0.469 e. The number of aliphatic carboxylic acids is 1. The number of rotatable bonds is 5. The van der Waals surface area contributed by atoms with Gasteiger partial charge in [0.2, 0.25) is 0 Å². The van der Waals surface area contributed by atoms with Gasteiger partial charge in [-0.15, -0.1) is 0 Å². The Hall–Kier alpha value is -0.500. The van der Waals surface area contributed by atoms with Gasteiger partial charge in [0.1, 0.15) is 6.10 Å². The van der Waals surface area contributed by atoms with Crippen molar-refractivity contribution in [3.63, 3.8) is 0 Å². The van der Waals surface area contributed by atoms with Gasteiger partial charge in [0.05, 0.1) is 6.61 Å². The first-order chi connectivity index (χ1) is 5.74. The van der Waals surface area contributed by atoms with Gasteiger partial charge in [-0.1, -0.05) is 0 Å². The Morgan fingerprint density at radius 3 is 2.15 bits per heavy atom. The molecular formula is C4H9O8P. The van der Waals surface area contributed by atoms with E-state index in [0.29, 0.717) is 0 Å². The number of aliphatic hydroxyl groups is 2. The van der Waals surface area contributed by atoms with Crippen molar-refractivity contribution in [2.45, 2.75) is 12.2 Å². The summed E-state index contributed by atoms with van der Waals surface area (Å²) in [5.41, 5.74) is 0. The Labute approximate surface area is 72.6 Å². The summed E-state index contributed by atoms with van der Waals surface area (Å²) < 4.78 is 13.8. The van der Waals surface area contributed by atoms with Gasteiger partial charge in [-0.2, -0.15) is 0 Å². The predicted octanol–water partition coefficient (Wildman–Crippen LogP) is -2.10. The molecule has 0 radical (unpaired) electrons. The molecule has 0 fully saturated rings. The Bertz CT molecular complexity index is 220. The molecule has 0 aromatic rings. The van der Waals surface area contributed by atoms with E-state index in [4.69, 9.17) is 25.1 Å². The number of carbonyl (C=O) groups is 1. The molecule has 0 aliphatic carbocycles. The van der Waals surface area contributed by atoms with Crippen LogP contribution >= 0.6 is 7.82 Å². The van der Waals surface area contributed by atoms with Crippen molar-refractivity contribution in [1.82, 2.24) is 0 Å². The number of hydrogen-bond acceptors (Lipinski definition) is 5. The zero-order valence-electron chi connectivity index (χ0n) is 6.27. The monoisotopic (exact) mass is 216 g/mol. The maximum absolute atomic E-state index is 10.1. The highest BCUT2D eigenvalue weighted by atomic mass is 31.2. The summed E-state index contributed by atoms with van der Waals surface area (Å²) in [6, 6.07) is 0. The molecule has 0 aliphatic heterocycles. The van der Waals surface area contributed by atoms with Gasteiger partial charge < -0.3 is 25.1 Å². The Kier molecular flexibility index (Phi) is 4.48. The van der Waals surface area contributed by atoms with Crippen LogP contribution in [-0.4, -0.2) is 49.9 Å². The molecule has 2 atom stereocenters. The minimum atomic E-state index is -4.75. The first kappa shape index (κ1) is 12.5. The molecule has 0 bridgehead atoms. The molecule has 0 aromatic carbocycles. The van der Waals surface area contributed by atoms with E-state index in [1.54, 1.807) is 0 Å². The molecule has 0 aromatic heterocycles. The third-order valence-corrected chi connectivity index (χ3v) is 1.52. The standard InChI is InChI=1S/C4H9O8P/c5-2(3(6)4(7)8)1-12-13(9,10)11/h2-3,5-6H,1H2,(H,7,8)(H2,9,10,11). The normalized spacial score (nSPS) is 16.6. The van der Waals surface area contributed by atoms with Crippen LogP contribution in [0.3, 0.4) is 0 Å². The molecule has 0 saturated heterocycles. The van der Waals surface area contributed by atoms with Crippen molar-refractivity contribution in [2.75, 3.05) is 6.61 Å². The molecule has 0 heterocycles. The van der Waals surface area contributed by atoms with Gasteiger partial charge in [0, 0.05) is 0 Å². The highest BCUT2D eigenvalue weighted by Gasteiger charge is 2.26. The van der Waals surface area contributed by atoms with Crippen LogP contribution in [0, 0.1) is 0 Å². The van der Waals surface area contributed by atoms with Crippen molar-refractivity contribution in [2.24, 2.45) is 0 Å². The van der Waals surface area contributed by atoms with E-state index >= 15 is 0 Å². The molecule has 0 rings (SSSR count). The maximum atomic E-state index is 10.1. The molecule has 78 valence electrons. The Balaban J connectivity index is 3.95. The van der Waals surface area contributed by atoms with Gasteiger partial charge in [-0.25, -0.2) is 9.36 Å². The van der Waals surface area contributed by atoms with E-state index < -0.39 is 32.6 Å². The third kappa shape index (κ3) is 5.69. The first-order valence-corrected chi connectivity index (χ1v) is 4.56. The summed E-state index contributed by atoms with van der Waals surface area (Å²) in [7, 11) is -4.75. The second kappa shape index (κ2) is 4.66. The number of hydrogen-bond donors (Lipinski definition) is 5. The van der Waals surface area contributed by atoms with E-state index in [9.17, 15) is 9.36 Å². The minimum Gasteiger partial charge on any atom is -0.479 e. The average Bonchev–Trinajstić information content (AvgIpc) is 1.97. The number of aliphatic hydroxyl groups excluding tert-OH is 2. The van der Waals surface area contributed by atoms with Crippen LogP contribution in [0.25, 0.3) is 0 Å². The fourth-order valence-corrected chi connectivity index (χ4v) is 0.776. The molecular weight excluding hydrogens is 207 g/mol. The number of carboxylic acid groups (broad SMARTS) is 1. The second-order valence-corrected chi connectivity index (χ2v) is 3.38. The zero-order chi connectivity index (χ0) is 10.6. The lowest BCUT2D eigenvalue weighted by molar-refractivity contribution is -0.154. The predicted molar refractivity (Wildman–Crippen MR) is 37.6 cm³/mol. The van der Waals surface area contributed by atoms with Crippen LogP contribution in [0.5, 0.6) is 0 Å². The van der Waals surface area contributed by atoms with Gasteiger partial charge in [0.25, 0.3) is 0 Å². The van der Waals surface area contributed by atoms with Crippen LogP contribution in [0.2, 0.25) is 0 Å². The van der Waals surface area contributed by atoms with Crippen molar-refractivity contribution in [1.29, 1.82) is 0 Å². The molecule has 5 N–H and O–H groups in total. The van der Waals surface area contributed by atoms with Crippen LogP contribution in [0.4, 0.5) is 0 Å². The van der Waals surface area contributed by atoms with E-state index in [1.165, 1.54) is 0 Å². The summed E-state index contributed by atoms with van der Waals surface area (Å²) in [5.74, 6) is -1.71. The summed E-state index contributed by atoms with van der Waals surface area (Å²) >= 11 is 0. The fourth-order valence-electron chi connectivity index (χ4n) is 0.429. The largest absolute Gasteiger partial charge is 0.479 e. The summed E-state index contributed by atoms with van der Waals surface area (Å²) in [5, 5.41) is 25.5. The highest BCUT2D eigenvalue weighted by molar-refractivity contribution is 7.46. The van der Waals surface area contributed by atoms with Crippen LogP contribution in [0.15, 0.2) is 0 Å². The molecule has 9 heteroatoms. The van der Waals surface area contributed by atoms with Crippen molar-refractivity contribution < 1.29 is 39.0 Å². The summed E-state index contributed by atoms with van der Waals surface area (Å²) in [6.45, 7) is -0.961. The molecule has 0 saturated carbocycles. The van der Waals surface area contributed by atoms with E-state index in [1.807, 2.05) is 0 Å². The van der Waals surface area contributed by atoms with Crippen LogP contribution < -0.4 is 0 Å². The first-order valence-electron chi connectivity index (χ1n) is 3.03. The highest BCUT2D eigenvalue weighted by Crippen LogP contribution is 2.35. The van der Waals surface area contributed by atoms with Gasteiger partial charge in [-0.05, 0) is 0 Å². The lowest BCUT2D eigenvalue weighted by Gasteiger charge is -2.13. The lowest BCUT2D eigenvalue weighted by Crippen LogP contribution is -2.36. The zero-order valence-corrected chi connectivity index (χ0v) is 7.16. The Morgan fingerprint density at radius 1 is 1.38 bits per heavy atom. The van der Waals surface area contributed by atoms with Crippen LogP contribution in [-0.2, 0) is 13.9 Å². The summed E-state index contributed by atoms with van der Waals surface area (Å²) in [6.07, 6.45) is -4.02. The smallest absolute Gasteiger partial charge is 0.469 e. The molecule has 8 nitrogen and oxygen atoms in total.